The molecule has 0 aromatic heterocycles. The van der Waals surface area contributed by atoms with Crippen molar-refractivity contribution in [1.82, 2.24) is 0 Å². The number of amides is 1. The van der Waals surface area contributed by atoms with Crippen molar-refractivity contribution in [2.75, 3.05) is 4.90 Å². The highest BCUT2D eigenvalue weighted by molar-refractivity contribution is 6.51. The lowest BCUT2D eigenvalue weighted by Gasteiger charge is -2.26. The van der Waals surface area contributed by atoms with E-state index < -0.39 is 17.7 Å². The van der Waals surface area contributed by atoms with Crippen molar-refractivity contribution in [2.24, 2.45) is 0 Å². The third kappa shape index (κ3) is 4.38. The lowest BCUT2D eigenvalue weighted by molar-refractivity contribution is -0.132. The van der Waals surface area contributed by atoms with Gasteiger partial charge >= 0.3 is 0 Å². The van der Waals surface area contributed by atoms with Crippen LogP contribution in [0, 0.1) is 0 Å². The van der Waals surface area contributed by atoms with Gasteiger partial charge in [0.2, 0.25) is 0 Å². The summed E-state index contributed by atoms with van der Waals surface area (Å²) in [7, 11) is 0. The van der Waals surface area contributed by atoms with Crippen molar-refractivity contribution in [3.8, 4) is 23.0 Å². The van der Waals surface area contributed by atoms with E-state index in [9.17, 15) is 19.8 Å². The number of aliphatic hydroxyl groups excluding tert-OH is 1. The number of rotatable bonds is 5. The zero-order valence-electron chi connectivity index (χ0n) is 21.1. The molecule has 4 aromatic rings. The second kappa shape index (κ2) is 9.68. The molecular formula is C32H25NO6. The molecular weight excluding hydrogens is 494 g/mol. The number of ether oxygens (including phenoxy) is 2. The molecule has 0 bridgehead atoms. The summed E-state index contributed by atoms with van der Waals surface area (Å²) in [6.07, 6.45) is 0.682. The Labute approximate surface area is 225 Å². The number of aliphatic hydroxyl groups is 1. The van der Waals surface area contributed by atoms with Crippen molar-refractivity contribution in [3.63, 3.8) is 0 Å². The molecule has 2 heterocycles. The van der Waals surface area contributed by atoms with E-state index in [0.717, 1.165) is 11.3 Å². The van der Waals surface area contributed by atoms with Crippen molar-refractivity contribution in [3.05, 3.63) is 119 Å². The first kappa shape index (κ1) is 24.3. The first-order chi connectivity index (χ1) is 18.9. The summed E-state index contributed by atoms with van der Waals surface area (Å²) in [5, 5.41) is 22.2. The molecule has 194 valence electrons. The van der Waals surface area contributed by atoms with E-state index >= 15 is 0 Å². The van der Waals surface area contributed by atoms with Gasteiger partial charge in [-0.05, 0) is 72.6 Å². The number of anilines is 1. The van der Waals surface area contributed by atoms with E-state index in [1.165, 1.54) is 11.0 Å². The lowest BCUT2D eigenvalue weighted by atomic mass is 9.94. The zero-order valence-corrected chi connectivity index (χ0v) is 21.1. The first-order valence-electron chi connectivity index (χ1n) is 12.6. The van der Waals surface area contributed by atoms with Crippen LogP contribution < -0.4 is 14.4 Å². The minimum Gasteiger partial charge on any atom is -0.507 e. The Morgan fingerprint density at radius 3 is 2.44 bits per heavy atom. The third-order valence-corrected chi connectivity index (χ3v) is 6.91. The Morgan fingerprint density at radius 1 is 0.897 bits per heavy atom. The van der Waals surface area contributed by atoms with Crippen LogP contribution in [0.25, 0.3) is 5.76 Å². The molecule has 7 heteroatoms. The van der Waals surface area contributed by atoms with E-state index in [1.54, 1.807) is 60.7 Å². The molecule has 0 radical (unpaired) electrons. The number of phenols is 1. The Bertz CT molecular complexity index is 1630. The average molecular weight is 520 g/mol. The van der Waals surface area contributed by atoms with Crippen molar-refractivity contribution in [1.29, 1.82) is 0 Å². The van der Waals surface area contributed by atoms with Crippen LogP contribution >= 0.6 is 0 Å². The number of fused-ring (bicyclic) bond motifs is 1. The zero-order chi connectivity index (χ0) is 27.1. The van der Waals surface area contributed by atoms with Crippen molar-refractivity contribution < 1.29 is 29.3 Å². The Balaban J connectivity index is 1.50. The van der Waals surface area contributed by atoms with Crippen LogP contribution in [-0.4, -0.2) is 28.0 Å². The molecule has 6 rings (SSSR count). The van der Waals surface area contributed by atoms with E-state index in [1.807, 2.05) is 37.3 Å². The molecule has 0 aliphatic carbocycles. The summed E-state index contributed by atoms with van der Waals surface area (Å²) in [4.78, 5) is 28.2. The Morgan fingerprint density at radius 2 is 1.64 bits per heavy atom. The van der Waals surface area contributed by atoms with E-state index in [2.05, 4.69) is 0 Å². The normalized spacial score (nSPS) is 19.6. The monoisotopic (exact) mass is 519 g/mol. The molecule has 2 aliphatic rings. The number of benzene rings is 4. The van der Waals surface area contributed by atoms with Crippen LogP contribution in [0.15, 0.2) is 103 Å². The van der Waals surface area contributed by atoms with Crippen LogP contribution in [0.1, 0.15) is 29.7 Å². The molecule has 39 heavy (non-hydrogen) atoms. The van der Waals surface area contributed by atoms with Crippen molar-refractivity contribution in [2.45, 2.75) is 25.5 Å². The molecule has 1 saturated heterocycles. The topological polar surface area (TPSA) is 96.3 Å². The van der Waals surface area contributed by atoms with Crippen molar-refractivity contribution >= 4 is 23.1 Å². The molecule has 2 atom stereocenters. The minimum atomic E-state index is -1.01. The largest absolute Gasteiger partial charge is 0.507 e. The van der Waals surface area contributed by atoms with Gasteiger partial charge < -0.3 is 19.7 Å². The fourth-order valence-electron chi connectivity index (χ4n) is 5.16. The summed E-state index contributed by atoms with van der Waals surface area (Å²) in [5.41, 5.74) is 1.94. The van der Waals surface area contributed by atoms with Gasteiger partial charge in [0.25, 0.3) is 11.7 Å². The summed E-state index contributed by atoms with van der Waals surface area (Å²) < 4.78 is 11.8. The first-order valence-corrected chi connectivity index (χ1v) is 12.6. The standard InChI is InChI=1S/C32H25NO6/c1-19-16-22-17-21(14-15-27(22)38-19)30(35)28-29(33(32(37)31(28)36)25-12-5-6-13-26(25)34)20-8-7-11-24(18-20)39-23-9-3-2-4-10-23/h2-15,17-19,29,34-35H,16H2,1H3/b30-28-. The van der Waals surface area contributed by atoms with E-state index in [4.69, 9.17) is 9.47 Å². The highest BCUT2D eigenvalue weighted by Gasteiger charge is 2.47. The summed E-state index contributed by atoms with van der Waals surface area (Å²) >= 11 is 0. The highest BCUT2D eigenvalue weighted by Crippen LogP contribution is 2.45. The minimum absolute atomic E-state index is 0.0105. The molecule has 2 N–H and O–H groups in total. The number of carbonyl (C=O) groups is 2. The smallest absolute Gasteiger partial charge is 0.300 e. The summed E-state index contributed by atoms with van der Waals surface area (Å²) in [5.74, 6) is -0.311. The number of nitrogens with zero attached hydrogens (tertiary/aromatic N) is 1. The third-order valence-electron chi connectivity index (χ3n) is 6.91. The van der Waals surface area contributed by atoms with Gasteiger partial charge in [0.1, 0.15) is 34.9 Å². The van der Waals surface area contributed by atoms with Gasteiger partial charge in [0.05, 0.1) is 17.3 Å². The van der Waals surface area contributed by atoms with Gasteiger partial charge in [-0.15, -0.1) is 0 Å². The average Bonchev–Trinajstić information content (AvgIpc) is 3.44. The fraction of sp³-hybridized carbons (Fsp3) is 0.125. The molecule has 4 aromatic carbocycles. The van der Waals surface area contributed by atoms with Crippen LogP contribution in [0.2, 0.25) is 0 Å². The molecule has 7 nitrogen and oxygen atoms in total. The number of Topliss-reactive ketones (excluding diaryl/α,β-unsaturated/α-hetero) is 1. The SMILES string of the molecule is CC1Cc2cc(/C(O)=C3/C(=O)C(=O)N(c4ccccc4O)C3c3cccc(Oc4ccccc4)c3)ccc2O1. The van der Waals surface area contributed by atoms with E-state index in [-0.39, 0.29) is 28.9 Å². The maximum Gasteiger partial charge on any atom is 0.300 e. The maximum atomic E-state index is 13.5. The number of phenolic OH excluding ortho intramolecular Hbond substituents is 1. The number of carbonyl (C=O) groups excluding carboxylic acids is 2. The quantitative estimate of drug-likeness (QED) is 0.187. The predicted molar refractivity (Wildman–Crippen MR) is 146 cm³/mol. The highest BCUT2D eigenvalue weighted by atomic mass is 16.5. The summed E-state index contributed by atoms with van der Waals surface area (Å²) in [6.45, 7) is 1.96. The van der Waals surface area contributed by atoms with Gasteiger partial charge in [-0.25, -0.2) is 0 Å². The number of ketones is 1. The fourth-order valence-corrected chi connectivity index (χ4v) is 5.16. The van der Waals surface area contributed by atoms with Crippen LogP contribution in [0.5, 0.6) is 23.0 Å². The number of aromatic hydroxyl groups is 1. The molecule has 1 fully saturated rings. The Hall–Kier alpha value is -5.04. The maximum absolute atomic E-state index is 13.5. The summed E-state index contributed by atoms with van der Waals surface area (Å²) in [6, 6.07) is 26.8. The van der Waals surface area contributed by atoms with Crippen LogP contribution in [-0.2, 0) is 16.0 Å². The van der Waals surface area contributed by atoms with Gasteiger partial charge in [0.15, 0.2) is 0 Å². The number of para-hydroxylation sites is 3. The second-order valence-corrected chi connectivity index (χ2v) is 9.60. The number of hydrogen-bond donors (Lipinski definition) is 2. The van der Waals surface area contributed by atoms with Gasteiger partial charge in [0, 0.05) is 12.0 Å². The lowest BCUT2D eigenvalue weighted by Crippen LogP contribution is -2.29. The molecule has 2 aliphatic heterocycles. The molecule has 1 amide bonds. The second-order valence-electron chi connectivity index (χ2n) is 9.60. The molecule has 0 spiro atoms. The Kier molecular flexibility index (Phi) is 6.04. The number of hydrogen-bond acceptors (Lipinski definition) is 6. The molecule has 0 saturated carbocycles. The molecule has 2 unspecified atom stereocenters. The van der Waals surface area contributed by atoms with Crippen LogP contribution in [0.3, 0.4) is 0 Å². The van der Waals surface area contributed by atoms with Crippen LogP contribution in [0.4, 0.5) is 5.69 Å². The van der Waals surface area contributed by atoms with Gasteiger partial charge in [-0.1, -0.05) is 42.5 Å². The predicted octanol–water partition coefficient (Wildman–Crippen LogP) is 6.13. The van der Waals surface area contributed by atoms with Gasteiger partial charge in [-0.3, -0.25) is 14.5 Å². The van der Waals surface area contributed by atoms with Gasteiger partial charge in [-0.2, -0.15) is 0 Å². The van der Waals surface area contributed by atoms with E-state index in [0.29, 0.717) is 29.0 Å².